The average molecular weight is 734 g/mol. The van der Waals surface area contributed by atoms with E-state index in [1.807, 2.05) is 24.3 Å². The molecule has 32 heavy (non-hydrogen) atoms. The van der Waals surface area contributed by atoms with Crippen LogP contribution < -0.4 is 5.19 Å². The number of ketones is 1. The van der Waals surface area contributed by atoms with Crippen LogP contribution in [0.4, 0.5) is 5.69 Å². The first-order valence-electron chi connectivity index (χ1n) is 10.6. The molecule has 3 nitrogen and oxygen atoms in total. The van der Waals surface area contributed by atoms with Crippen LogP contribution in [0.5, 0.6) is 5.75 Å². The molecule has 0 atom stereocenters. The van der Waals surface area contributed by atoms with Gasteiger partial charge in [-0.15, -0.1) is 0 Å². The Labute approximate surface area is 224 Å². The molecule has 0 saturated heterocycles. The fourth-order valence-electron chi connectivity index (χ4n) is 5.80. The third kappa shape index (κ3) is 3.44. The van der Waals surface area contributed by atoms with Crippen molar-refractivity contribution in [3.63, 3.8) is 0 Å². The van der Waals surface area contributed by atoms with E-state index in [1.165, 1.54) is 21.2 Å². The van der Waals surface area contributed by atoms with Gasteiger partial charge in [0.1, 0.15) is 0 Å². The molecule has 1 aromatic carbocycles. The van der Waals surface area contributed by atoms with Crippen LogP contribution in [0.15, 0.2) is 40.5 Å². The van der Waals surface area contributed by atoms with E-state index in [1.54, 1.807) is 6.08 Å². The number of aromatic hydroxyl groups is 1. The summed E-state index contributed by atoms with van der Waals surface area (Å²) >= 11 is 5.03. The number of hydrogen-bond acceptors (Lipinski definition) is 3. The number of phenols is 1. The Hall–Kier alpha value is -0.484. The van der Waals surface area contributed by atoms with E-state index in [4.69, 9.17) is 4.99 Å². The number of phenolic OH excluding ortho intramolecular Hbond substituents is 1. The summed E-state index contributed by atoms with van der Waals surface area (Å²) < 4.78 is 5.17. The van der Waals surface area contributed by atoms with Crippen LogP contribution in [0, 0.1) is 14.1 Å². The monoisotopic (exact) mass is 735 g/mol. The van der Waals surface area contributed by atoms with Gasteiger partial charge in [-0.25, -0.2) is 0 Å². The number of hydrogen-bond donors (Lipinski definition) is 1. The fourth-order valence-corrected chi connectivity index (χ4v) is 18.7. The Bertz CT molecular complexity index is 1240. The Kier molecular flexibility index (Phi) is 6.19. The number of aliphatic imine (C=N–C) groups is 1. The molecule has 168 valence electrons. The minimum absolute atomic E-state index is 0.0282. The van der Waals surface area contributed by atoms with Crippen molar-refractivity contribution in [2.45, 2.75) is 58.5 Å². The van der Waals surface area contributed by atoms with Gasteiger partial charge in [0, 0.05) is 0 Å². The fraction of sp³-hybridized carbons (Fsp3) is 0.360. The third-order valence-corrected chi connectivity index (χ3v) is 21.0. The molecule has 4 rings (SSSR count). The molecular weight excluding hydrogens is 707 g/mol. The number of benzene rings is 1. The zero-order valence-electron chi connectivity index (χ0n) is 19.4. The van der Waals surface area contributed by atoms with Crippen molar-refractivity contribution < 1.29 is 9.90 Å². The summed E-state index contributed by atoms with van der Waals surface area (Å²) in [5, 5.41) is 13.4. The van der Waals surface area contributed by atoms with Gasteiger partial charge in [0.05, 0.1) is 0 Å². The molecule has 1 aromatic heterocycles. The number of carbonyl (C=O) groups excluding carboxylic acids is 1. The summed E-state index contributed by atoms with van der Waals surface area (Å²) in [5.74, 6) is 0.358. The van der Waals surface area contributed by atoms with Gasteiger partial charge in [-0.05, 0) is 0 Å². The second-order valence-electron chi connectivity index (χ2n) is 10.5. The molecule has 2 aromatic rings. The van der Waals surface area contributed by atoms with Crippen molar-refractivity contribution in [1.29, 1.82) is 0 Å². The number of aryl methyl sites for hydroxylation is 1. The van der Waals surface area contributed by atoms with Gasteiger partial charge in [-0.2, -0.15) is 0 Å². The summed E-state index contributed by atoms with van der Waals surface area (Å²) in [5.41, 5.74) is 2.84. The molecule has 0 fully saturated rings. The van der Waals surface area contributed by atoms with E-state index < -0.39 is 8.07 Å². The molecular formula is C25H27I2NO2SeSi. The summed E-state index contributed by atoms with van der Waals surface area (Å²) in [4.78, 5) is 17.7. The van der Waals surface area contributed by atoms with Crippen molar-refractivity contribution in [3.8, 4) is 15.8 Å². The van der Waals surface area contributed by atoms with Crippen molar-refractivity contribution >= 4 is 90.1 Å². The normalized spacial score (nSPS) is 17.6. The van der Waals surface area contributed by atoms with Crippen LogP contribution in [0.25, 0.3) is 10.0 Å². The maximum atomic E-state index is 12.7. The quantitative estimate of drug-likeness (QED) is 0.205. The van der Waals surface area contributed by atoms with Crippen LogP contribution >= 0.6 is 45.2 Å². The van der Waals surface area contributed by atoms with Crippen LogP contribution in [-0.4, -0.2) is 39.2 Å². The Morgan fingerprint density at radius 1 is 1.00 bits per heavy atom. The first kappa shape index (κ1) is 24.6. The van der Waals surface area contributed by atoms with Gasteiger partial charge in [-0.3, -0.25) is 0 Å². The third-order valence-electron chi connectivity index (χ3n) is 6.58. The van der Waals surface area contributed by atoms with E-state index in [-0.39, 0.29) is 30.4 Å². The number of halogens is 2. The topological polar surface area (TPSA) is 49.7 Å². The summed E-state index contributed by atoms with van der Waals surface area (Å²) in [6, 6.07) is 3.78. The Morgan fingerprint density at radius 2 is 1.62 bits per heavy atom. The van der Waals surface area contributed by atoms with Gasteiger partial charge in [0.15, 0.2) is 0 Å². The molecule has 7 heteroatoms. The number of carbonyl (C=O) groups is 1. The van der Waals surface area contributed by atoms with E-state index in [2.05, 4.69) is 93.6 Å². The van der Waals surface area contributed by atoms with Crippen LogP contribution in [0.1, 0.15) is 46.0 Å². The number of fused-ring (bicyclic) bond motifs is 2. The number of allylic oxidation sites excluding steroid dienone is 4. The Balaban J connectivity index is 2.28. The van der Waals surface area contributed by atoms with Crippen molar-refractivity contribution in [2.75, 3.05) is 0 Å². The Morgan fingerprint density at radius 3 is 2.16 bits per heavy atom. The number of rotatable bonds is 1. The van der Waals surface area contributed by atoms with Gasteiger partial charge >= 0.3 is 226 Å². The van der Waals surface area contributed by atoms with Crippen molar-refractivity contribution in [3.05, 3.63) is 47.1 Å². The van der Waals surface area contributed by atoms with Gasteiger partial charge < -0.3 is 0 Å². The second kappa shape index (κ2) is 8.04. The molecule has 0 radical (unpaired) electrons. The SMILES string of the molecule is Cc1[se]c(-c2c(O)ccc3c2[Si](C(C)(C)C)(C(C)(C)C)C2=CC(=O)C=CC2=N3)c(I)c1I. The second-order valence-corrected chi connectivity index (χ2v) is 20.8. The minimum atomic E-state index is -2.68. The van der Waals surface area contributed by atoms with Crippen LogP contribution in [0.3, 0.4) is 0 Å². The predicted molar refractivity (Wildman–Crippen MR) is 155 cm³/mol. The molecule has 0 spiro atoms. The van der Waals surface area contributed by atoms with Gasteiger partial charge in [0.2, 0.25) is 0 Å². The standard InChI is InChI=1S/C25H27I2NO2SeSi/c1-13-20(26)21(27)22(31-13)19-17(30)11-10-16-23(19)32(24(2,3)4,25(5,6)7)18-12-14(29)8-9-15(18)28-16/h8-12,30H,1-7H3. The molecule has 0 amide bonds. The maximum absolute atomic E-state index is 12.7. The van der Waals surface area contributed by atoms with Crippen molar-refractivity contribution in [2.24, 2.45) is 4.99 Å². The zero-order chi connectivity index (χ0) is 23.8. The van der Waals surface area contributed by atoms with E-state index >= 15 is 0 Å². The zero-order valence-corrected chi connectivity index (χ0v) is 26.4. The summed E-state index contributed by atoms with van der Waals surface area (Å²) in [6.07, 6.45) is 5.36. The van der Waals surface area contributed by atoms with E-state index in [9.17, 15) is 9.90 Å². The molecule has 0 bridgehead atoms. The molecule has 0 saturated carbocycles. The average Bonchev–Trinajstić information content (AvgIpc) is 2.91. The molecule has 0 unspecified atom stereocenters. The van der Waals surface area contributed by atoms with Gasteiger partial charge in [0.25, 0.3) is 0 Å². The van der Waals surface area contributed by atoms with Gasteiger partial charge in [-0.1, -0.05) is 0 Å². The summed E-state index contributed by atoms with van der Waals surface area (Å²) in [6.45, 7) is 16.0. The molecule has 1 N–H and O–H groups in total. The molecule has 1 aliphatic heterocycles. The molecule has 2 heterocycles. The van der Waals surface area contributed by atoms with E-state index in [0.29, 0.717) is 5.75 Å². The van der Waals surface area contributed by atoms with E-state index in [0.717, 1.165) is 22.2 Å². The van der Waals surface area contributed by atoms with Crippen LogP contribution in [0.2, 0.25) is 10.1 Å². The molecule has 1 aliphatic carbocycles. The number of nitrogens with zero attached hydrogens (tertiary/aromatic N) is 1. The first-order valence-corrected chi connectivity index (χ1v) is 16.4. The summed E-state index contributed by atoms with van der Waals surface area (Å²) in [7, 11) is -2.68. The predicted octanol–water partition coefficient (Wildman–Crippen LogP) is 6.58. The molecule has 2 aliphatic rings. The van der Waals surface area contributed by atoms with Crippen LogP contribution in [-0.2, 0) is 4.79 Å². The van der Waals surface area contributed by atoms with Crippen molar-refractivity contribution in [1.82, 2.24) is 0 Å². The first-order chi connectivity index (χ1) is 14.7.